The van der Waals surface area contributed by atoms with Crippen LogP contribution in [0.3, 0.4) is 0 Å². The first-order valence-corrected chi connectivity index (χ1v) is 5.45. The Hall–Kier alpha value is -1.27. The average molecular weight is 263 g/mol. The summed E-state index contributed by atoms with van der Waals surface area (Å²) in [6, 6.07) is 4.74. The Balaban J connectivity index is 2.81. The molecule has 0 saturated carbocycles. The third kappa shape index (κ3) is 3.89. The molecule has 1 unspecified atom stereocenters. The maximum Gasteiger partial charge on any atom is 0.417 e. The van der Waals surface area contributed by atoms with E-state index in [1.807, 2.05) is 0 Å². The molecule has 18 heavy (non-hydrogen) atoms. The molecule has 0 amide bonds. The number of ether oxygens (including phenoxy) is 1. The number of aliphatic hydroxyl groups excluding tert-OH is 1. The molecular weight excluding hydrogens is 247 g/mol. The van der Waals surface area contributed by atoms with Crippen LogP contribution in [-0.4, -0.2) is 24.0 Å². The van der Waals surface area contributed by atoms with Gasteiger partial charge in [0.25, 0.3) is 0 Å². The average Bonchev–Trinajstić information content (AvgIpc) is 2.24. The summed E-state index contributed by atoms with van der Waals surface area (Å²) in [6.45, 7) is 2.66. The minimum atomic E-state index is -4.68. The molecule has 2 atom stereocenters. The van der Waals surface area contributed by atoms with E-state index in [4.69, 9.17) is 15.6 Å². The quantitative estimate of drug-likeness (QED) is 0.876. The summed E-state index contributed by atoms with van der Waals surface area (Å²) < 4.78 is 41.4. The van der Waals surface area contributed by atoms with Crippen LogP contribution in [0.1, 0.15) is 24.1 Å². The van der Waals surface area contributed by atoms with E-state index in [1.165, 1.54) is 0 Å². The molecule has 0 heterocycles. The van der Waals surface area contributed by atoms with E-state index in [2.05, 4.69) is 0 Å². The first kappa shape index (κ1) is 14.8. The number of aryl methyl sites for hydroxylation is 1. The van der Waals surface area contributed by atoms with Gasteiger partial charge in [0.15, 0.2) is 6.10 Å². The second-order valence-corrected chi connectivity index (χ2v) is 4.20. The Morgan fingerprint density at radius 1 is 1.39 bits per heavy atom. The summed E-state index contributed by atoms with van der Waals surface area (Å²) in [5, 5.41) is 8.86. The van der Waals surface area contributed by atoms with Gasteiger partial charge in [-0.25, -0.2) is 0 Å². The molecule has 0 aromatic heterocycles. The lowest BCUT2D eigenvalue weighted by Gasteiger charge is -2.18. The highest BCUT2D eigenvalue weighted by molar-refractivity contribution is 5.38. The monoisotopic (exact) mass is 263 g/mol. The molecule has 6 heteroatoms. The van der Waals surface area contributed by atoms with Gasteiger partial charge >= 0.3 is 6.18 Å². The van der Waals surface area contributed by atoms with Gasteiger partial charge in [-0.1, -0.05) is 12.1 Å². The second kappa shape index (κ2) is 5.58. The normalized spacial score (nSPS) is 15.3. The van der Waals surface area contributed by atoms with Crippen molar-refractivity contribution in [3.63, 3.8) is 0 Å². The molecule has 1 aromatic rings. The second-order valence-electron chi connectivity index (χ2n) is 4.20. The first-order chi connectivity index (χ1) is 8.21. The highest BCUT2D eigenvalue weighted by Crippen LogP contribution is 2.27. The Morgan fingerprint density at radius 3 is 2.50 bits per heavy atom. The van der Waals surface area contributed by atoms with Crippen LogP contribution in [0.2, 0.25) is 0 Å². The molecule has 0 aliphatic carbocycles. The lowest BCUT2D eigenvalue weighted by Crippen LogP contribution is -2.34. The number of alkyl halides is 3. The zero-order valence-corrected chi connectivity index (χ0v) is 10.2. The van der Waals surface area contributed by atoms with Crippen molar-refractivity contribution >= 4 is 0 Å². The third-order valence-electron chi connectivity index (χ3n) is 2.43. The van der Waals surface area contributed by atoms with Crippen LogP contribution in [0, 0.1) is 6.92 Å². The van der Waals surface area contributed by atoms with Crippen molar-refractivity contribution in [2.75, 3.05) is 6.61 Å². The van der Waals surface area contributed by atoms with Crippen LogP contribution in [0.15, 0.2) is 18.2 Å². The van der Waals surface area contributed by atoms with Crippen molar-refractivity contribution in [3.8, 4) is 5.75 Å². The van der Waals surface area contributed by atoms with E-state index in [-0.39, 0.29) is 11.8 Å². The standard InChI is InChI=1S/C12H16F3NO2/c1-7-3-4-9(8(2)16)10(5-7)18-6-11(17)12(13,14)15/h3-5,8,11,17H,6,16H2,1-2H3/t8-,11?/m0/s1. The molecule has 0 bridgehead atoms. The number of rotatable bonds is 4. The van der Waals surface area contributed by atoms with E-state index in [0.717, 1.165) is 5.56 Å². The van der Waals surface area contributed by atoms with E-state index in [0.29, 0.717) is 5.56 Å². The lowest BCUT2D eigenvalue weighted by molar-refractivity contribution is -0.210. The zero-order valence-electron chi connectivity index (χ0n) is 10.2. The smallest absolute Gasteiger partial charge is 0.417 e. The Bertz CT molecular complexity index is 405. The Morgan fingerprint density at radius 2 is 2.00 bits per heavy atom. The summed E-state index contributed by atoms with van der Waals surface area (Å²) in [7, 11) is 0. The molecule has 102 valence electrons. The highest BCUT2D eigenvalue weighted by atomic mass is 19.4. The first-order valence-electron chi connectivity index (χ1n) is 5.45. The van der Waals surface area contributed by atoms with Crippen LogP contribution in [0.5, 0.6) is 5.75 Å². The van der Waals surface area contributed by atoms with Crippen molar-refractivity contribution in [2.45, 2.75) is 32.2 Å². The van der Waals surface area contributed by atoms with Crippen molar-refractivity contribution in [3.05, 3.63) is 29.3 Å². The minimum Gasteiger partial charge on any atom is -0.490 e. The summed E-state index contributed by atoms with van der Waals surface area (Å²) in [5.74, 6) is 0.272. The molecule has 0 aliphatic rings. The SMILES string of the molecule is Cc1ccc([C@H](C)N)c(OCC(O)C(F)(F)F)c1. The molecule has 0 spiro atoms. The molecule has 0 saturated heterocycles. The zero-order chi connectivity index (χ0) is 13.9. The minimum absolute atomic E-state index is 0.272. The molecule has 3 N–H and O–H groups in total. The summed E-state index contributed by atoms with van der Waals surface area (Å²) in [4.78, 5) is 0. The molecule has 1 rings (SSSR count). The van der Waals surface area contributed by atoms with E-state index in [9.17, 15) is 13.2 Å². The molecule has 0 aliphatic heterocycles. The van der Waals surface area contributed by atoms with Crippen molar-refractivity contribution in [1.82, 2.24) is 0 Å². The molecule has 3 nitrogen and oxygen atoms in total. The fraction of sp³-hybridized carbons (Fsp3) is 0.500. The Kier molecular flexibility index (Phi) is 4.59. The van der Waals surface area contributed by atoms with Gasteiger partial charge in [-0.3, -0.25) is 0 Å². The van der Waals surface area contributed by atoms with Gasteiger partial charge in [0.2, 0.25) is 0 Å². The number of halogens is 3. The number of hydrogen-bond donors (Lipinski definition) is 2. The van der Waals surface area contributed by atoms with Crippen molar-refractivity contribution in [1.29, 1.82) is 0 Å². The van der Waals surface area contributed by atoms with Gasteiger partial charge in [0.05, 0.1) is 0 Å². The number of hydrogen-bond acceptors (Lipinski definition) is 3. The number of nitrogens with two attached hydrogens (primary N) is 1. The lowest BCUT2D eigenvalue weighted by atomic mass is 10.1. The van der Waals surface area contributed by atoms with E-state index >= 15 is 0 Å². The van der Waals surface area contributed by atoms with Crippen molar-refractivity contribution < 1.29 is 23.0 Å². The highest BCUT2D eigenvalue weighted by Gasteiger charge is 2.38. The molecule has 0 radical (unpaired) electrons. The summed E-state index contributed by atoms with van der Waals surface area (Å²) in [5.41, 5.74) is 7.14. The topological polar surface area (TPSA) is 55.5 Å². The maximum atomic E-state index is 12.1. The van der Waals surface area contributed by atoms with Crippen LogP contribution in [-0.2, 0) is 0 Å². The predicted molar refractivity (Wildman–Crippen MR) is 61.3 cm³/mol. The van der Waals surface area contributed by atoms with Crippen LogP contribution in [0.4, 0.5) is 13.2 Å². The van der Waals surface area contributed by atoms with Crippen LogP contribution >= 0.6 is 0 Å². The number of benzene rings is 1. The van der Waals surface area contributed by atoms with Gasteiger partial charge in [0.1, 0.15) is 12.4 Å². The largest absolute Gasteiger partial charge is 0.490 e. The summed E-state index contributed by atoms with van der Waals surface area (Å²) in [6.07, 6.45) is -7.18. The molecule has 1 aromatic carbocycles. The van der Waals surface area contributed by atoms with Crippen LogP contribution < -0.4 is 10.5 Å². The van der Waals surface area contributed by atoms with Crippen molar-refractivity contribution in [2.24, 2.45) is 5.73 Å². The molecule has 0 fully saturated rings. The van der Waals surface area contributed by atoms with Gasteiger partial charge < -0.3 is 15.6 Å². The Labute approximate surface area is 103 Å². The van der Waals surface area contributed by atoms with E-state index < -0.39 is 18.9 Å². The number of aliphatic hydroxyl groups is 1. The fourth-order valence-electron chi connectivity index (χ4n) is 1.41. The van der Waals surface area contributed by atoms with Gasteiger partial charge in [-0.15, -0.1) is 0 Å². The van der Waals surface area contributed by atoms with Crippen LogP contribution in [0.25, 0.3) is 0 Å². The van der Waals surface area contributed by atoms with Gasteiger partial charge in [-0.2, -0.15) is 13.2 Å². The summed E-state index contributed by atoms with van der Waals surface area (Å²) >= 11 is 0. The van der Waals surface area contributed by atoms with Gasteiger partial charge in [-0.05, 0) is 25.5 Å². The van der Waals surface area contributed by atoms with E-state index in [1.54, 1.807) is 32.0 Å². The predicted octanol–water partition coefficient (Wildman–Crippen LogP) is 2.32. The fourth-order valence-corrected chi connectivity index (χ4v) is 1.41. The molecular formula is C12H16F3NO2. The third-order valence-corrected chi connectivity index (χ3v) is 2.43. The maximum absolute atomic E-state index is 12.1. The van der Waals surface area contributed by atoms with Gasteiger partial charge in [0, 0.05) is 11.6 Å².